The lowest BCUT2D eigenvalue weighted by Gasteiger charge is -2.43. The average Bonchev–Trinajstić information content (AvgIpc) is 3.14. The first-order chi connectivity index (χ1) is 17.0. The third kappa shape index (κ3) is 4.65. The molecule has 0 bridgehead atoms. The summed E-state index contributed by atoms with van der Waals surface area (Å²) >= 11 is 0. The zero-order valence-electron chi connectivity index (χ0n) is 20.0. The molecule has 0 unspecified atom stereocenters. The Morgan fingerprint density at radius 3 is 2.64 bits per heavy atom. The predicted molar refractivity (Wildman–Crippen MR) is 130 cm³/mol. The summed E-state index contributed by atoms with van der Waals surface area (Å²) in [5.74, 6) is 0.279. The van der Waals surface area contributed by atoms with Gasteiger partial charge in [-0.2, -0.15) is 13.2 Å². The third-order valence-corrected chi connectivity index (χ3v) is 6.52. The van der Waals surface area contributed by atoms with Crippen LogP contribution in [-0.2, 0) is 22.9 Å². The highest BCUT2D eigenvalue weighted by Gasteiger charge is 2.44. The van der Waals surface area contributed by atoms with Crippen LogP contribution in [0.3, 0.4) is 0 Å². The van der Waals surface area contributed by atoms with E-state index >= 15 is 0 Å². The Morgan fingerprint density at radius 2 is 2.06 bits per heavy atom. The van der Waals surface area contributed by atoms with Gasteiger partial charge in [0.2, 0.25) is 0 Å². The molecule has 1 fully saturated rings. The predicted octanol–water partition coefficient (Wildman–Crippen LogP) is 3.11. The van der Waals surface area contributed by atoms with Crippen LogP contribution in [0.1, 0.15) is 39.0 Å². The van der Waals surface area contributed by atoms with E-state index in [2.05, 4.69) is 10.3 Å². The first-order valence-corrected chi connectivity index (χ1v) is 11.4. The maximum Gasteiger partial charge on any atom is 0.416 e. The number of rotatable bonds is 8. The number of amides is 1. The van der Waals surface area contributed by atoms with Crippen molar-refractivity contribution in [1.29, 1.82) is 10.8 Å². The van der Waals surface area contributed by atoms with Crippen molar-refractivity contribution in [3.05, 3.63) is 52.1 Å². The summed E-state index contributed by atoms with van der Waals surface area (Å²) in [6.45, 7) is 2.62. The van der Waals surface area contributed by atoms with Gasteiger partial charge in [0.15, 0.2) is 0 Å². The number of ether oxygens (including phenoxy) is 1. The van der Waals surface area contributed by atoms with E-state index in [-0.39, 0.29) is 35.7 Å². The second kappa shape index (κ2) is 9.51. The first kappa shape index (κ1) is 25.6. The summed E-state index contributed by atoms with van der Waals surface area (Å²) < 4.78 is 46.7. The van der Waals surface area contributed by atoms with Crippen molar-refractivity contribution in [2.45, 2.75) is 31.5 Å². The average molecular weight is 504 g/mol. The minimum absolute atomic E-state index is 0.0158. The van der Waals surface area contributed by atoms with Crippen molar-refractivity contribution in [2.75, 3.05) is 43.6 Å². The number of nitrogens with zero attached hydrogens (tertiary/aromatic N) is 3. The van der Waals surface area contributed by atoms with Crippen LogP contribution in [0, 0.1) is 17.7 Å². The van der Waals surface area contributed by atoms with Crippen molar-refractivity contribution < 1.29 is 22.7 Å². The molecule has 2 aliphatic rings. The highest BCUT2D eigenvalue weighted by Crippen LogP contribution is 2.42. The van der Waals surface area contributed by atoms with Gasteiger partial charge in [-0.1, -0.05) is 0 Å². The molecule has 0 saturated carbocycles. The standard InChI is InChI=1S/C24H28F3N7O2/c1-14-5-16-17(18(6-14)24(25,26)27)10-34(22(16)35)21-8-15(7-20(32-21)31-4-3-28)23(11-36-12-23)9-19(30)33(2)13-29/h5-8,13,29-30H,3-4,9-12,28H2,1-2H3,(H,31,32). The molecule has 0 spiro atoms. The first-order valence-electron chi connectivity index (χ1n) is 11.4. The van der Waals surface area contributed by atoms with Crippen molar-refractivity contribution in [1.82, 2.24) is 9.88 Å². The van der Waals surface area contributed by atoms with Crippen molar-refractivity contribution in [2.24, 2.45) is 5.73 Å². The number of alkyl halides is 3. The number of carbonyl (C=O) groups excluding carboxylic acids is 1. The molecule has 1 aromatic carbocycles. The van der Waals surface area contributed by atoms with E-state index in [0.29, 0.717) is 37.7 Å². The maximum atomic E-state index is 13.8. The number of anilines is 2. The van der Waals surface area contributed by atoms with Gasteiger partial charge in [-0.15, -0.1) is 0 Å². The van der Waals surface area contributed by atoms with E-state index in [1.54, 1.807) is 19.2 Å². The van der Waals surface area contributed by atoms with Crippen LogP contribution in [0.5, 0.6) is 0 Å². The summed E-state index contributed by atoms with van der Waals surface area (Å²) in [4.78, 5) is 20.4. The van der Waals surface area contributed by atoms with Crippen LogP contribution < -0.4 is 16.0 Å². The molecular weight excluding hydrogens is 475 g/mol. The number of pyridine rings is 1. The number of aromatic nitrogens is 1. The van der Waals surface area contributed by atoms with Crippen molar-refractivity contribution in [3.63, 3.8) is 0 Å². The minimum atomic E-state index is -4.59. The summed E-state index contributed by atoms with van der Waals surface area (Å²) in [5, 5.41) is 18.9. The van der Waals surface area contributed by atoms with Gasteiger partial charge < -0.3 is 20.7 Å². The summed E-state index contributed by atoms with van der Waals surface area (Å²) in [6, 6.07) is 6.00. The summed E-state index contributed by atoms with van der Waals surface area (Å²) in [5.41, 5.74) is 5.23. The fourth-order valence-corrected chi connectivity index (χ4v) is 4.48. The number of hydrogen-bond donors (Lipinski definition) is 4. The van der Waals surface area contributed by atoms with E-state index in [1.165, 1.54) is 22.8 Å². The molecule has 12 heteroatoms. The lowest BCUT2D eigenvalue weighted by atomic mass is 9.75. The molecule has 5 N–H and O–H groups in total. The quantitative estimate of drug-likeness (QED) is 0.323. The number of fused-ring (bicyclic) bond motifs is 1. The van der Waals surface area contributed by atoms with Crippen LogP contribution in [0.4, 0.5) is 24.8 Å². The van der Waals surface area contributed by atoms with E-state index < -0.39 is 23.1 Å². The van der Waals surface area contributed by atoms with E-state index in [4.69, 9.17) is 21.3 Å². The van der Waals surface area contributed by atoms with Gasteiger partial charge in [0, 0.05) is 37.5 Å². The Kier molecular flexibility index (Phi) is 6.76. The molecule has 2 aliphatic heterocycles. The Bertz CT molecular complexity index is 1210. The second-order valence-electron chi connectivity index (χ2n) is 9.18. The number of aryl methyl sites for hydroxylation is 1. The molecule has 4 rings (SSSR count). The van der Waals surface area contributed by atoms with Gasteiger partial charge >= 0.3 is 6.18 Å². The van der Waals surface area contributed by atoms with Crippen molar-refractivity contribution >= 4 is 29.7 Å². The molecule has 192 valence electrons. The Hall–Kier alpha value is -3.51. The van der Waals surface area contributed by atoms with Crippen LogP contribution in [0.25, 0.3) is 0 Å². The normalized spacial score (nSPS) is 16.4. The number of hydrogen-bond acceptors (Lipinski definition) is 7. The van der Waals surface area contributed by atoms with Gasteiger partial charge in [0.05, 0.1) is 31.7 Å². The van der Waals surface area contributed by atoms with Crippen LogP contribution in [-0.4, -0.2) is 61.3 Å². The van der Waals surface area contributed by atoms with E-state index in [0.717, 1.165) is 18.0 Å². The summed E-state index contributed by atoms with van der Waals surface area (Å²) in [7, 11) is 1.61. The smallest absolute Gasteiger partial charge is 0.379 e. The fourth-order valence-electron chi connectivity index (χ4n) is 4.48. The molecule has 1 aromatic heterocycles. The fraction of sp³-hybridized carbons (Fsp3) is 0.417. The van der Waals surface area contributed by atoms with E-state index in [1.807, 2.05) is 0 Å². The van der Waals surface area contributed by atoms with Gasteiger partial charge in [-0.3, -0.25) is 20.5 Å². The molecule has 0 radical (unpaired) electrons. The second-order valence-corrected chi connectivity index (χ2v) is 9.18. The number of halogens is 3. The third-order valence-electron chi connectivity index (χ3n) is 6.52. The van der Waals surface area contributed by atoms with Gasteiger partial charge in [-0.05, 0) is 47.9 Å². The van der Waals surface area contributed by atoms with E-state index in [9.17, 15) is 18.0 Å². The Labute approximate surface area is 206 Å². The largest absolute Gasteiger partial charge is 0.416 e. The van der Waals surface area contributed by atoms with Gasteiger partial charge in [-0.25, -0.2) is 4.98 Å². The van der Waals surface area contributed by atoms with Crippen LogP contribution in [0.2, 0.25) is 0 Å². The topological polar surface area (TPSA) is 131 Å². The number of carbonyl (C=O) groups is 1. The highest BCUT2D eigenvalue weighted by molar-refractivity contribution is 6.10. The summed E-state index contributed by atoms with van der Waals surface area (Å²) in [6.07, 6.45) is -3.28. The Balaban J connectivity index is 1.76. The molecule has 9 nitrogen and oxygen atoms in total. The monoisotopic (exact) mass is 503 g/mol. The molecule has 2 aromatic rings. The molecule has 3 heterocycles. The Morgan fingerprint density at radius 1 is 1.33 bits per heavy atom. The SMILES string of the molecule is Cc1cc2c(c(C(F)(F)F)c1)CN(c1cc(C3(CC(=N)N(C)C=N)COC3)cc(NCCN)n1)C2=O. The molecule has 0 aliphatic carbocycles. The van der Waals surface area contributed by atoms with Gasteiger partial charge in [0.25, 0.3) is 5.91 Å². The number of benzene rings is 1. The van der Waals surface area contributed by atoms with Crippen LogP contribution >= 0.6 is 0 Å². The van der Waals surface area contributed by atoms with Crippen molar-refractivity contribution in [3.8, 4) is 0 Å². The number of nitrogens with two attached hydrogens (primary N) is 1. The molecule has 1 saturated heterocycles. The zero-order valence-corrected chi connectivity index (χ0v) is 20.0. The number of nitrogens with one attached hydrogen (secondary N) is 3. The zero-order chi connectivity index (χ0) is 26.3. The molecule has 0 atom stereocenters. The van der Waals surface area contributed by atoms with Crippen LogP contribution in [0.15, 0.2) is 24.3 Å². The lowest BCUT2D eigenvalue weighted by Crippen LogP contribution is -2.50. The lowest BCUT2D eigenvalue weighted by molar-refractivity contribution is -0.138. The van der Waals surface area contributed by atoms with Gasteiger partial charge in [0.1, 0.15) is 17.5 Å². The minimum Gasteiger partial charge on any atom is -0.379 e. The highest BCUT2D eigenvalue weighted by atomic mass is 19.4. The number of amidine groups is 1. The molecular formula is C24H28F3N7O2. The maximum absolute atomic E-state index is 13.8. The molecule has 1 amide bonds. The molecule has 36 heavy (non-hydrogen) atoms.